The summed E-state index contributed by atoms with van der Waals surface area (Å²) in [7, 11) is 0. The molecule has 0 aliphatic rings. The van der Waals surface area contributed by atoms with Gasteiger partial charge in [-0.25, -0.2) is 0 Å². The molecule has 0 saturated heterocycles. The van der Waals surface area contributed by atoms with Gasteiger partial charge in [0.1, 0.15) is 6.26 Å². The summed E-state index contributed by atoms with van der Waals surface area (Å²) in [6.07, 6.45) is 4.87. The van der Waals surface area contributed by atoms with Crippen molar-refractivity contribution in [3.63, 3.8) is 0 Å². The van der Waals surface area contributed by atoms with Crippen molar-refractivity contribution in [2.24, 2.45) is 0 Å². The first-order valence-corrected chi connectivity index (χ1v) is 7.98. The van der Waals surface area contributed by atoms with Gasteiger partial charge in [0.2, 0.25) is 0 Å². The van der Waals surface area contributed by atoms with E-state index in [4.69, 9.17) is 16.0 Å². The maximum absolute atomic E-state index is 12.4. The SMILES string of the molecule is O=C(NCc1ccc(Cl)cc1)c1ccc2nnc(-c3ccoc3)n2c1. The topological polar surface area (TPSA) is 72.4 Å². The zero-order chi connectivity index (χ0) is 17.2. The number of aromatic nitrogens is 3. The van der Waals surface area contributed by atoms with E-state index >= 15 is 0 Å². The molecule has 7 heteroatoms. The van der Waals surface area contributed by atoms with Gasteiger partial charge >= 0.3 is 0 Å². The molecule has 0 spiro atoms. The number of benzene rings is 1. The molecule has 25 heavy (non-hydrogen) atoms. The van der Waals surface area contributed by atoms with Gasteiger partial charge in [-0.1, -0.05) is 23.7 Å². The van der Waals surface area contributed by atoms with Gasteiger partial charge in [-0.05, 0) is 35.9 Å². The minimum absolute atomic E-state index is 0.177. The lowest BCUT2D eigenvalue weighted by molar-refractivity contribution is 0.0950. The van der Waals surface area contributed by atoms with E-state index in [1.807, 2.05) is 12.1 Å². The first kappa shape index (κ1) is 15.4. The molecule has 3 heterocycles. The minimum atomic E-state index is -0.177. The number of nitrogens with zero attached hydrogens (tertiary/aromatic N) is 3. The van der Waals surface area contributed by atoms with Crippen LogP contribution in [-0.2, 0) is 6.54 Å². The maximum atomic E-state index is 12.4. The molecule has 1 aromatic carbocycles. The van der Waals surface area contributed by atoms with Crippen LogP contribution in [0.25, 0.3) is 17.0 Å². The molecule has 4 aromatic rings. The Hall–Kier alpha value is -3.12. The number of fused-ring (bicyclic) bond motifs is 1. The molecular formula is C18H13ClN4O2. The van der Waals surface area contributed by atoms with Gasteiger partial charge in [0.25, 0.3) is 5.91 Å². The van der Waals surface area contributed by atoms with E-state index in [0.717, 1.165) is 11.1 Å². The molecule has 0 aliphatic heterocycles. The Bertz CT molecular complexity index is 1020. The zero-order valence-corrected chi connectivity index (χ0v) is 13.8. The molecular weight excluding hydrogens is 340 g/mol. The molecule has 1 N–H and O–H groups in total. The fourth-order valence-electron chi connectivity index (χ4n) is 2.50. The zero-order valence-electron chi connectivity index (χ0n) is 13.0. The number of pyridine rings is 1. The Labute approximate surface area is 148 Å². The first-order chi connectivity index (χ1) is 12.2. The van der Waals surface area contributed by atoms with Crippen LogP contribution >= 0.6 is 11.6 Å². The van der Waals surface area contributed by atoms with Crippen molar-refractivity contribution in [2.45, 2.75) is 6.54 Å². The Kier molecular flexibility index (Phi) is 3.95. The average Bonchev–Trinajstić information content (AvgIpc) is 3.29. The third kappa shape index (κ3) is 3.12. The standard InChI is InChI=1S/C18H13ClN4O2/c19-15-4-1-12(2-5-15)9-20-18(24)13-3-6-16-21-22-17(23(16)10-13)14-7-8-25-11-14/h1-8,10-11H,9H2,(H,20,24). The van der Waals surface area contributed by atoms with Crippen LogP contribution in [0.2, 0.25) is 5.02 Å². The molecule has 124 valence electrons. The van der Waals surface area contributed by atoms with Gasteiger partial charge < -0.3 is 9.73 Å². The van der Waals surface area contributed by atoms with Crippen molar-refractivity contribution >= 4 is 23.2 Å². The third-order valence-corrected chi connectivity index (χ3v) is 4.06. The number of carbonyl (C=O) groups is 1. The summed E-state index contributed by atoms with van der Waals surface area (Å²) in [4.78, 5) is 12.4. The van der Waals surface area contributed by atoms with Crippen LogP contribution in [0.3, 0.4) is 0 Å². The molecule has 0 bridgehead atoms. The van der Waals surface area contributed by atoms with Crippen molar-refractivity contribution in [2.75, 3.05) is 0 Å². The highest BCUT2D eigenvalue weighted by Crippen LogP contribution is 2.19. The number of rotatable bonds is 4. The summed E-state index contributed by atoms with van der Waals surface area (Å²) in [5.41, 5.74) is 2.95. The first-order valence-electron chi connectivity index (χ1n) is 7.61. The Morgan fingerprint density at radius 2 is 1.96 bits per heavy atom. The van der Waals surface area contributed by atoms with E-state index in [2.05, 4.69) is 15.5 Å². The van der Waals surface area contributed by atoms with E-state index in [1.165, 1.54) is 0 Å². The van der Waals surface area contributed by atoms with Crippen LogP contribution < -0.4 is 5.32 Å². The number of nitrogens with one attached hydrogen (secondary N) is 1. The van der Waals surface area contributed by atoms with Crippen molar-refractivity contribution in [3.8, 4) is 11.4 Å². The molecule has 0 radical (unpaired) electrons. The fourth-order valence-corrected chi connectivity index (χ4v) is 2.63. The number of carbonyl (C=O) groups excluding carboxylic acids is 1. The van der Waals surface area contributed by atoms with Crippen LogP contribution in [-0.4, -0.2) is 20.5 Å². The number of furan rings is 1. The highest BCUT2D eigenvalue weighted by atomic mass is 35.5. The second kappa shape index (κ2) is 6.41. The van der Waals surface area contributed by atoms with Crippen molar-refractivity contribution < 1.29 is 9.21 Å². The third-order valence-electron chi connectivity index (χ3n) is 3.81. The van der Waals surface area contributed by atoms with E-state index in [1.54, 1.807) is 53.5 Å². The van der Waals surface area contributed by atoms with Gasteiger partial charge in [0.05, 0.1) is 17.4 Å². The van der Waals surface area contributed by atoms with Gasteiger partial charge in [-0.15, -0.1) is 10.2 Å². The Balaban J connectivity index is 1.57. The molecule has 0 fully saturated rings. The molecule has 0 atom stereocenters. The van der Waals surface area contributed by atoms with E-state index in [0.29, 0.717) is 28.6 Å². The maximum Gasteiger partial charge on any atom is 0.253 e. The summed E-state index contributed by atoms with van der Waals surface area (Å²) >= 11 is 5.86. The smallest absolute Gasteiger partial charge is 0.253 e. The predicted molar refractivity (Wildman–Crippen MR) is 93.3 cm³/mol. The quantitative estimate of drug-likeness (QED) is 0.609. The highest BCUT2D eigenvalue weighted by molar-refractivity contribution is 6.30. The normalized spacial score (nSPS) is 10.9. The van der Waals surface area contributed by atoms with Crippen molar-refractivity contribution in [3.05, 3.63) is 77.3 Å². The molecule has 3 aromatic heterocycles. The van der Waals surface area contributed by atoms with Crippen LogP contribution in [0.5, 0.6) is 0 Å². The summed E-state index contributed by atoms with van der Waals surface area (Å²) in [5, 5.41) is 11.8. The van der Waals surface area contributed by atoms with Gasteiger partial charge in [-0.3, -0.25) is 9.20 Å². The lowest BCUT2D eigenvalue weighted by Crippen LogP contribution is -2.23. The van der Waals surface area contributed by atoms with Crippen LogP contribution in [0.1, 0.15) is 15.9 Å². The average molecular weight is 353 g/mol. The number of hydrogen-bond acceptors (Lipinski definition) is 4. The van der Waals surface area contributed by atoms with Crippen molar-refractivity contribution in [1.29, 1.82) is 0 Å². The molecule has 0 aliphatic carbocycles. The number of hydrogen-bond donors (Lipinski definition) is 1. The second-order valence-corrected chi connectivity index (χ2v) is 5.93. The summed E-state index contributed by atoms with van der Waals surface area (Å²) < 4.78 is 6.86. The predicted octanol–water partition coefficient (Wildman–Crippen LogP) is 3.57. The fraction of sp³-hybridized carbons (Fsp3) is 0.0556. The van der Waals surface area contributed by atoms with Gasteiger partial charge in [-0.2, -0.15) is 0 Å². The van der Waals surface area contributed by atoms with Crippen LogP contribution in [0.15, 0.2) is 65.6 Å². The molecule has 4 rings (SSSR count). The molecule has 1 amide bonds. The molecule has 0 saturated carbocycles. The summed E-state index contributed by atoms with van der Waals surface area (Å²) in [6, 6.07) is 12.6. The summed E-state index contributed by atoms with van der Waals surface area (Å²) in [6.45, 7) is 0.421. The Morgan fingerprint density at radius 1 is 1.12 bits per heavy atom. The summed E-state index contributed by atoms with van der Waals surface area (Å²) in [5.74, 6) is 0.444. The van der Waals surface area contributed by atoms with Gasteiger partial charge in [0.15, 0.2) is 11.5 Å². The number of amides is 1. The van der Waals surface area contributed by atoms with E-state index in [9.17, 15) is 4.79 Å². The van der Waals surface area contributed by atoms with E-state index < -0.39 is 0 Å². The Morgan fingerprint density at radius 3 is 2.72 bits per heavy atom. The number of halogens is 1. The molecule has 6 nitrogen and oxygen atoms in total. The largest absolute Gasteiger partial charge is 0.472 e. The van der Waals surface area contributed by atoms with E-state index in [-0.39, 0.29) is 5.91 Å². The molecule has 0 unspecified atom stereocenters. The monoisotopic (exact) mass is 352 g/mol. The van der Waals surface area contributed by atoms with Crippen molar-refractivity contribution in [1.82, 2.24) is 19.9 Å². The van der Waals surface area contributed by atoms with Gasteiger partial charge in [0, 0.05) is 17.8 Å². The lowest BCUT2D eigenvalue weighted by atomic mass is 10.2. The van der Waals surface area contributed by atoms with Crippen LogP contribution in [0.4, 0.5) is 0 Å². The minimum Gasteiger partial charge on any atom is -0.472 e. The lowest BCUT2D eigenvalue weighted by Gasteiger charge is -2.06. The highest BCUT2D eigenvalue weighted by Gasteiger charge is 2.12. The van der Waals surface area contributed by atoms with Crippen LogP contribution in [0, 0.1) is 0 Å². The second-order valence-electron chi connectivity index (χ2n) is 5.49.